The van der Waals surface area contributed by atoms with Crippen LogP contribution in [0.1, 0.15) is 6.42 Å². The second kappa shape index (κ2) is 4.94. The van der Waals surface area contributed by atoms with E-state index in [2.05, 4.69) is 5.32 Å². The predicted octanol–water partition coefficient (Wildman–Crippen LogP) is -1.51. The van der Waals surface area contributed by atoms with Crippen molar-refractivity contribution in [1.82, 2.24) is 5.32 Å². The van der Waals surface area contributed by atoms with Crippen LogP contribution >= 0.6 is 0 Å². The highest BCUT2D eigenvalue weighted by Crippen LogP contribution is 2.17. The first-order chi connectivity index (χ1) is 6.63. The van der Waals surface area contributed by atoms with Crippen molar-refractivity contribution in [3.63, 3.8) is 0 Å². The Hall–Kier alpha value is -1.11. The van der Waals surface area contributed by atoms with Crippen LogP contribution in [0.15, 0.2) is 12.3 Å². The lowest BCUT2D eigenvalue weighted by Gasteiger charge is -2.11. The molecule has 0 aromatic rings. The number of rotatable bonds is 4. The summed E-state index contributed by atoms with van der Waals surface area (Å²) in [5.74, 6) is -0.0604. The molecule has 1 heterocycles. The maximum Gasteiger partial charge on any atom is 0.130 e. The Morgan fingerprint density at radius 1 is 1.71 bits per heavy atom. The Labute approximate surface area is 81.9 Å². The largest absolute Gasteiger partial charge is 0.394 e. The molecular weight excluding hydrogens is 186 g/mol. The van der Waals surface area contributed by atoms with Crippen LogP contribution in [-0.2, 0) is 4.74 Å². The standard InChI is InChI=1S/C8H15N3O3/c9-7(10)1-2-11-8-3-5(13)6(4-12)14-8/h1-2,5-6,8,11-13H,3-4H2,(H3,9,10)/b2-1-/t5?,6-,8-/m0/s1. The van der Waals surface area contributed by atoms with E-state index in [9.17, 15) is 5.11 Å². The number of amidine groups is 1. The van der Waals surface area contributed by atoms with Crippen molar-refractivity contribution < 1.29 is 14.9 Å². The molecule has 0 amide bonds. The maximum absolute atomic E-state index is 9.35. The Kier molecular flexibility index (Phi) is 3.87. The first kappa shape index (κ1) is 11.0. The van der Waals surface area contributed by atoms with Gasteiger partial charge in [0, 0.05) is 12.6 Å². The minimum absolute atomic E-state index is 0.0604. The number of ether oxygens (including phenoxy) is 1. The van der Waals surface area contributed by atoms with E-state index in [1.54, 1.807) is 0 Å². The Morgan fingerprint density at radius 3 is 2.93 bits per heavy atom. The number of nitrogens with two attached hydrogens (primary N) is 1. The van der Waals surface area contributed by atoms with E-state index >= 15 is 0 Å². The molecule has 1 aliphatic heterocycles. The molecule has 1 aliphatic rings. The first-order valence-corrected chi connectivity index (χ1v) is 4.34. The van der Waals surface area contributed by atoms with E-state index in [1.807, 2.05) is 0 Å². The molecule has 3 atom stereocenters. The minimum atomic E-state index is -0.650. The summed E-state index contributed by atoms with van der Waals surface area (Å²) in [6.07, 6.45) is 1.76. The van der Waals surface area contributed by atoms with Crippen molar-refractivity contribution in [2.75, 3.05) is 6.61 Å². The topological polar surface area (TPSA) is 112 Å². The summed E-state index contributed by atoms with van der Waals surface area (Å²) < 4.78 is 5.23. The molecule has 80 valence electrons. The molecular formula is C8H15N3O3. The van der Waals surface area contributed by atoms with Gasteiger partial charge in [-0.25, -0.2) is 0 Å². The highest BCUT2D eigenvalue weighted by molar-refractivity contribution is 5.88. The monoisotopic (exact) mass is 201 g/mol. The molecule has 0 spiro atoms. The number of aliphatic hydroxyl groups excluding tert-OH is 2. The SMILES string of the molecule is N=C(N)/C=C\N[C@@H]1CC(O)[C@H](CO)O1. The number of hydrogen-bond acceptors (Lipinski definition) is 5. The first-order valence-electron chi connectivity index (χ1n) is 4.34. The molecule has 6 heteroatoms. The van der Waals surface area contributed by atoms with Crippen molar-refractivity contribution in [2.24, 2.45) is 5.73 Å². The van der Waals surface area contributed by atoms with Gasteiger partial charge in [0.2, 0.25) is 0 Å². The van der Waals surface area contributed by atoms with E-state index in [1.165, 1.54) is 12.3 Å². The molecule has 0 bridgehead atoms. The van der Waals surface area contributed by atoms with E-state index in [0.717, 1.165) is 0 Å². The molecule has 0 radical (unpaired) electrons. The van der Waals surface area contributed by atoms with Crippen molar-refractivity contribution in [3.8, 4) is 0 Å². The molecule has 1 rings (SSSR count). The lowest BCUT2D eigenvalue weighted by atomic mass is 10.2. The van der Waals surface area contributed by atoms with Crippen molar-refractivity contribution in [2.45, 2.75) is 24.9 Å². The summed E-state index contributed by atoms with van der Waals surface area (Å²) in [7, 11) is 0. The van der Waals surface area contributed by atoms with Crippen molar-refractivity contribution in [1.29, 1.82) is 5.41 Å². The quantitative estimate of drug-likeness (QED) is 0.280. The lowest BCUT2D eigenvalue weighted by Crippen LogP contribution is -2.26. The Bertz CT molecular complexity index is 232. The Balaban J connectivity index is 2.31. The third-order valence-corrected chi connectivity index (χ3v) is 1.95. The van der Waals surface area contributed by atoms with Gasteiger partial charge < -0.3 is 26.0 Å². The molecule has 0 aromatic heterocycles. The van der Waals surface area contributed by atoms with Crippen LogP contribution in [0.4, 0.5) is 0 Å². The zero-order valence-electron chi connectivity index (χ0n) is 7.68. The van der Waals surface area contributed by atoms with E-state index in [0.29, 0.717) is 6.42 Å². The second-order valence-corrected chi connectivity index (χ2v) is 3.10. The summed E-state index contributed by atoms with van der Waals surface area (Å²) in [4.78, 5) is 0. The average molecular weight is 201 g/mol. The van der Waals surface area contributed by atoms with Gasteiger partial charge in [-0.1, -0.05) is 0 Å². The molecule has 6 nitrogen and oxygen atoms in total. The molecule has 0 saturated carbocycles. The van der Waals surface area contributed by atoms with Crippen LogP contribution in [0.5, 0.6) is 0 Å². The number of hydrogen-bond donors (Lipinski definition) is 5. The van der Waals surface area contributed by atoms with Gasteiger partial charge in [-0.3, -0.25) is 5.41 Å². The summed E-state index contributed by atoms with van der Waals surface area (Å²) in [5, 5.41) is 27.9. The van der Waals surface area contributed by atoms with Gasteiger partial charge in [0.25, 0.3) is 0 Å². The molecule has 1 saturated heterocycles. The molecule has 0 aromatic carbocycles. The maximum atomic E-state index is 9.35. The molecule has 14 heavy (non-hydrogen) atoms. The summed E-state index contributed by atoms with van der Waals surface area (Å²) in [5.41, 5.74) is 5.08. The normalized spacial score (nSPS) is 32.3. The fraction of sp³-hybridized carbons (Fsp3) is 0.625. The van der Waals surface area contributed by atoms with Crippen LogP contribution in [0.2, 0.25) is 0 Å². The van der Waals surface area contributed by atoms with Crippen LogP contribution < -0.4 is 11.1 Å². The minimum Gasteiger partial charge on any atom is -0.394 e. The van der Waals surface area contributed by atoms with Gasteiger partial charge in [-0.15, -0.1) is 0 Å². The van der Waals surface area contributed by atoms with Gasteiger partial charge in [0.15, 0.2) is 0 Å². The molecule has 1 unspecified atom stereocenters. The molecule has 1 fully saturated rings. The molecule has 6 N–H and O–H groups in total. The predicted molar refractivity (Wildman–Crippen MR) is 50.6 cm³/mol. The summed E-state index contributed by atoms with van der Waals surface area (Å²) >= 11 is 0. The van der Waals surface area contributed by atoms with Gasteiger partial charge in [0.1, 0.15) is 18.2 Å². The van der Waals surface area contributed by atoms with Crippen LogP contribution in [0.3, 0.4) is 0 Å². The van der Waals surface area contributed by atoms with E-state index < -0.39 is 12.2 Å². The van der Waals surface area contributed by atoms with E-state index in [4.69, 9.17) is 21.0 Å². The zero-order chi connectivity index (χ0) is 10.6. The smallest absolute Gasteiger partial charge is 0.130 e. The summed E-state index contributed by atoms with van der Waals surface area (Å²) in [6.45, 7) is -0.199. The average Bonchev–Trinajstić information content (AvgIpc) is 2.45. The molecule has 0 aliphatic carbocycles. The second-order valence-electron chi connectivity index (χ2n) is 3.10. The van der Waals surface area contributed by atoms with Gasteiger partial charge in [-0.05, 0) is 6.08 Å². The zero-order valence-corrected chi connectivity index (χ0v) is 7.68. The van der Waals surface area contributed by atoms with Gasteiger partial charge in [0.05, 0.1) is 12.7 Å². The Morgan fingerprint density at radius 2 is 2.43 bits per heavy atom. The third kappa shape index (κ3) is 2.99. The van der Waals surface area contributed by atoms with Gasteiger partial charge in [-0.2, -0.15) is 0 Å². The number of aliphatic hydroxyl groups is 2. The van der Waals surface area contributed by atoms with Crippen LogP contribution in [-0.4, -0.2) is 41.1 Å². The highest BCUT2D eigenvalue weighted by atomic mass is 16.5. The van der Waals surface area contributed by atoms with Crippen LogP contribution in [0.25, 0.3) is 0 Å². The van der Waals surface area contributed by atoms with E-state index in [-0.39, 0.29) is 18.7 Å². The fourth-order valence-electron chi connectivity index (χ4n) is 1.25. The van der Waals surface area contributed by atoms with Gasteiger partial charge >= 0.3 is 0 Å². The third-order valence-electron chi connectivity index (χ3n) is 1.95. The van der Waals surface area contributed by atoms with Crippen LogP contribution in [0, 0.1) is 5.41 Å². The fourth-order valence-corrected chi connectivity index (χ4v) is 1.25. The highest BCUT2D eigenvalue weighted by Gasteiger charge is 2.32. The van der Waals surface area contributed by atoms with Crippen molar-refractivity contribution in [3.05, 3.63) is 12.3 Å². The summed E-state index contributed by atoms with van der Waals surface area (Å²) in [6, 6.07) is 0. The number of nitrogens with one attached hydrogen (secondary N) is 2. The lowest BCUT2D eigenvalue weighted by molar-refractivity contribution is -0.0270. The van der Waals surface area contributed by atoms with Crippen molar-refractivity contribution >= 4 is 5.84 Å².